The average Bonchev–Trinajstić information content (AvgIpc) is 2.69. The minimum Gasteiger partial charge on any atom is -0.478 e. The third-order valence-electron chi connectivity index (χ3n) is 3.88. The van der Waals surface area contributed by atoms with Crippen molar-refractivity contribution in [2.24, 2.45) is 0 Å². The van der Waals surface area contributed by atoms with Crippen LogP contribution in [0, 0.1) is 5.82 Å². The Labute approximate surface area is 168 Å². The van der Waals surface area contributed by atoms with Crippen LogP contribution in [-0.4, -0.2) is 17.0 Å². The lowest BCUT2D eigenvalue weighted by Crippen LogP contribution is -2.23. The first-order valence-corrected chi connectivity index (χ1v) is 9.05. The van der Waals surface area contributed by atoms with Gasteiger partial charge in [0.15, 0.2) is 0 Å². The highest BCUT2D eigenvalue weighted by molar-refractivity contribution is 9.10. The molecule has 0 spiro atoms. The van der Waals surface area contributed by atoms with Crippen molar-refractivity contribution in [3.05, 3.63) is 93.7 Å². The van der Waals surface area contributed by atoms with E-state index in [0.29, 0.717) is 21.5 Å². The zero-order valence-corrected chi connectivity index (χ0v) is 16.1. The van der Waals surface area contributed by atoms with E-state index in [1.807, 2.05) is 0 Å². The topological polar surface area (TPSA) is 75.6 Å². The smallest absolute Gasteiger partial charge is 0.335 e. The highest BCUT2D eigenvalue weighted by Crippen LogP contribution is 2.28. The number of halogens is 2. The van der Waals surface area contributed by atoms with E-state index in [9.17, 15) is 14.0 Å². The normalized spacial score (nSPS) is 10.4. The number of hydrogen-bond acceptors (Lipinski definition) is 3. The van der Waals surface area contributed by atoms with Gasteiger partial charge < -0.3 is 15.2 Å². The Balaban J connectivity index is 1.74. The summed E-state index contributed by atoms with van der Waals surface area (Å²) in [6.07, 6.45) is 0. The van der Waals surface area contributed by atoms with E-state index >= 15 is 0 Å². The molecule has 2 N–H and O–H groups in total. The van der Waals surface area contributed by atoms with E-state index < -0.39 is 5.97 Å². The number of carboxylic acids is 1. The quantitative estimate of drug-likeness (QED) is 0.561. The number of carboxylic acid groups (broad SMARTS) is 1. The second-order valence-corrected chi connectivity index (χ2v) is 6.80. The van der Waals surface area contributed by atoms with Gasteiger partial charge in [0.25, 0.3) is 5.91 Å². The Bertz CT molecular complexity index is 1000. The van der Waals surface area contributed by atoms with Crippen molar-refractivity contribution in [1.82, 2.24) is 5.32 Å². The molecule has 0 aliphatic heterocycles. The molecular weight excluding hydrogens is 429 g/mol. The van der Waals surface area contributed by atoms with Crippen LogP contribution in [0.25, 0.3) is 0 Å². The van der Waals surface area contributed by atoms with E-state index in [1.165, 1.54) is 36.4 Å². The minimum atomic E-state index is -1.01. The van der Waals surface area contributed by atoms with Crippen LogP contribution in [0.5, 0.6) is 11.5 Å². The lowest BCUT2D eigenvalue weighted by molar-refractivity contribution is 0.0696. The zero-order valence-electron chi connectivity index (χ0n) is 14.5. The molecule has 5 nitrogen and oxygen atoms in total. The molecular formula is C21H15BrFNO4. The van der Waals surface area contributed by atoms with Gasteiger partial charge in [0.05, 0.1) is 11.1 Å². The Morgan fingerprint density at radius 1 is 1.00 bits per heavy atom. The predicted octanol–water partition coefficient (Wildman–Crippen LogP) is 5.01. The number of ether oxygens (including phenoxy) is 1. The Kier molecular flexibility index (Phi) is 6.06. The number of rotatable bonds is 6. The first-order valence-electron chi connectivity index (χ1n) is 8.26. The fourth-order valence-corrected chi connectivity index (χ4v) is 2.80. The molecule has 0 unspecified atom stereocenters. The standard InChI is InChI=1S/C21H15BrFNO4/c22-15-5-10-19(28-17-8-6-16(23)7-9-17)18(11-15)20(25)24-12-13-1-3-14(4-2-13)21(26)27/h1-11H,12H2,(H,24,25)(H,26,27). The molecule has 3 aromatic carbocycles. The van der Waals surface area contributed by atoms with E-state index in [0.717, 1.165) is 5.56 Å². The lowest BCUT2D eigenvalue weighted by Gasteiger charge is -2.12. The lowest BCUT2D eigenvalue weighted by atomic mass is 10.1. The number of hydrogen-bond donors (Lipinski definition) is 2. The molecule has 142 valence electrons. The van der Waals surface area contributed by atoms with Crippen LogP contribution in [0.2, 0.25) is 0 Å². The summed E-state index contributed by atoms with van der Waals surface area (Å²) < 4.78 is 19.5. The van der Waals surface area contributed by atoms with Gasteiger partial charge in [0.1, 0.15) is 17.3 Å². The Hall–Kier alpha value is -3.19. The SMILES string of the molecule is O=C(O)c1ccc(CNC(=O)c2cc(Br)ccc2Oc2ccc(F)cc2)cc1. The first kappa shape index (κ1) is 19.6. The Morgan fingerprint density at radius 2 is 1.68 bits per heavy atom. The molecule has 0 aromatic heterocycles. The zero-order chi connectivity index (χ0) is 20.1. The van der Waals surface area contributed by atoms with Gasteiger partial charge in [-0.25, -0.2) is 9.18 Å². The second-order valence-electron chi connectivity index (χ2n) is 5.88. The summed E-state index contributed by atoms with van der Waals surface area (Å²) >= 11 is 3.34. The number of carbonyl (C=O) groups is 2. The largest absolute Gasteiger partial charge is 0.478 e. The molecule has 0 fully saturated rings. The summed E-state index contributed by atoms with van der Waals surface area (Å²) in [6.45, 7) is 0.223. The van der Waals surface area contributed by atoms with Crippen molar-refractivity contribution < 1.29 is 23.8 Å². The summed E-state index contributed by atoms with van der Waals surface area (Å²) in [5.74, 6) is -1.02. The minimum absolute atomic E-state index is 0.178. The molecule has 7 heteroatoms. The number of nitrogens with one attached hydrogen (secondary N) is 1. The van der Waals surface area contributed by atoms with Gasteiger partial charge in [-0.15, -0.1) is 0 Å². The van der Waals surface area contributed by atoms with Gasteiger partial charge in [-0.1, -0.05) is 28.1 Å². The van der Waals surface area contributed by atoms with Gasteiger partial charge in [0, 0.05) is 11.0 Å². The summed E-state index contributed by atoms with van der Waals surface area (Å²) in [5.41, 5.74) is 1.24. The second kappa shape index (κ2) is 8.67. The number of amides is 1. The van der Waals surface area contributed by atoms with Crippen LogP contribution in [0.1, 0.15) is 26.3 Å². The molecule has 0 saturated carbocycles. The summed E-state index contributed by atoms with van der Waals surface area (Å²) in [6, 6.07) is 16.7. The molecule has 0 bridgehead atoms. The fourth-order valence-electron chi connectivity index (χ4n) is 2.44. The monoisotopic (exact) mass is 443 g/mol. The van der Waals surface area contributed by atoms with Crippen LogP contribution < -0.4 is 10.1 Å². The molecule has 0 aliphatic carbocycles. The van der Waals surface area contributed by atoms with Crippen molar-refractivity contribution in [3.8, 4) is 11.5 Å². The molecule has 0 radical (unpaired) electrons. The molecule has 0 heterocycles. The molecule has 3 rings (SSSR count). The van der Waals surface area contributed by atoms with Crippen LogP contribution in [0.15, 0.2) is 71.2 Å². The van der Waals surface area contributed by atoms with Crippen molar-refractivity contribution in [2.45, 2.75) is 6.54 Å². The predicted molar refractivity (Wildman–Crippen MR) is 105 cm³/mol. The molecule has 1 amide bonds. The number of aromatic carboxylic acids is 1. The average molecular weight is 444 g/mol. The van der Waals surface area contributed by atoms with Gasteiger partial charge in [-0.2, -0.15) is 0 Å². The maximum absolute atomic E-state index is 13.1. The maximum atomic E-state index is 13.1. The summed E-state index contributed by atoms with van der Waals surface area (Å²) in [4.78, 5) is 23.5. The highest BCUT2D eigenvalue weighted by Gasteiger charge is 2.14. The maximum Gasteiger partial charge on any atom is 0.335 e. The molecule has 3 aromatic rings. The van der Waals surface area contributed by atoms with E-state index in [1.54, 1.807) is 30.3 Å². The van der Waals surface area contributed by atoms with E-state index in [2.05, 4.69) is 21.2 Å². The molecule has 28 heavy (non-hydrogen) atoms. The van der Waals surface area contributed by atoms with E-state index in [-0.39, 0.29) is 23.8 Å². The third-order valence-corrected chi connectivity index (χ3v) is 4.37. The molecule has 0 saturated heterocycles. The third kappa shape index (κ3) is 4.95. The fraction of sp³-hybridized carbons (Fsp3) is 0.0476. The van der Waals surface area contributed by atoms with Crippen molar-refractivity contribution >= 4 is 27.8 Å². The Morgan fingerprint density at radius 3 is 2.32 bits per heavy atom. The van der Waals surface area contributed by atoms with Gasteiger partial charge in [-0.3, -0.25) is 4.79 Å². The summed E-state index contributed by atoms with van der Waals surface area (Å²) in [5, 5.41) is 11.7. The van der Waals surface area contributed by atoms with Gasteiger partial charge >= 0.3 is 5.97 Å². The van der Waals surface area contributed by atoms with Crippen molar-refractivity contribution in [2.75, 3.05) is 0 Å². The van der Waals surface area contributed by atoms with Crippen LogP contribution in [0.3, 0.4) is 0 Å². The molecule has 0 atom stereocenters. The van der Waals surface area contributed by atoms with Crippen molar-refractivity contribution in [3.63, 3.8) is 0 Å². The van der Waals surface area contributed by atoms with Crippen molar-refractivity contribution in [1.29, 1.82) is 0 Å². The van der Waals surface area contributed by atoms with Crippen LogP contribution >= 0.6 is 15.9 Å². The van der Waals surface area contributed by atoms with Gasteiger partial charge in [0.2, 0.25) is 0 Å². The molecule has 0 aliphatic rings. The van der Waals surface area contributed by atoms with Crippen LogP contribution in [0.4, 0.5) is 4.39 Å². The highest BCUT2D eigenvalue weighted by atomic mass is 79.9. The van der Waals surface area contributed by atoms with E-state index in [4.69, 9.17) is 9.84 Å². The van der Waals surface area contributed by atoms with Gasteiger partial charge in [-0.05, 0) is 60.2 Å². The first-order chi connectivity index (χ1) is 13.4. The summed E-state index contributed by atoms with van der Waals surface area (Å²) in [7, 11) is 0. The number of benzene rings is 3. The number of carbonyl (C=O) groups excluding carboxylic acids is 1. The van der Waals surface area contributed by atoms with Crippen LogP contribution in [-0.2, 0) is 6.54 Å².